The number of furan rings is 1. The molecule has 6 heteroatoms. The van der Waals surface area contributed by atoms with Crippen LogP contribution in [0, 0.1) is 6.92 Å². The van der Waals surface area contributed by atoms with E-state index in [0.29, 0.717) is 11.3 Å². The standard InChI is InChI=1S/C12H15NO5/c1-3-5-17-7-10(12(15)16)13-11(14)9-4-6-18-8(9)2/h3-4,6,10H,1,5,7H2,2H3,(H,13,14)(H,15,16). The number of ether oxygens (including phenoxy) is 1. The molecular formula is C12H15NO5. The van der Waals surface area contributed by atoms with Crippen molar-refractivity contribution in [2.45, 2.75) is 13.0 Å². The third-order valence-electron chi connectivity index (χ3n) is 2.23. The fourth-order valence-corrected chi connectivity index (χ4v) is 1.30. The van der Waals surface area contributed by atoms with Gasteiger partial charge in [0.05, 0.1) is 25.0 Å². The van der Waals surface area contributed by atoms with E-state index < -0.39 is 17.9 Å². The van der Waals surface area contributed by atoms with Crippen molar-refractivity contribution in [2.24, 2.45) is 0 Å². The second kappa shape index (κ2) is 6.61. The van der Waals surface area contributed by atoms with Crippen LogP contribution in [0.5, 0.6) is 0 Å². The molecule has 0 aromatic carbocycles. The van der Waals surface area contributed by atoms with Gasteiger partial charge in [0.15, 0.2) is 6.04 Å². The maximum Gasteiger partial charge on any atom is 0.328 e. The van der Waals surface area contributed by atoms with Crippen LogP contribution in [0.3, 0.4) is 0 Å². The van der Waals surface area contributed by atoms with Crippen LogP contribution in [0.4, 0.5) is 0 Å². The summed E-state index contributed by atoms with van der Waals surface area (Å²) in [6, 6.07) is 0.375. The van der Waals surface area contributed by atoms with Crippen LogP contribution in [0.2, 0.25) is 0 Å². The molecule has 0 fully saturated rings. The number of hydrogen-bond acceptors (Lipinski definition) is 4. The number of aryl methyl sites for hydroxylation is 1. The van der Waals surface area contributed by atoms with Gasteiger partial charge in [-0.05, 0) is 13.0 Å². The molecule has 1 aromatic heterocycles. The molecule has 1 atom stereocenters. The first-order valence-electron chi connectivity index (χ1n) is 5.32. The topological polar surface area (TPSA) is 88.8 Å². The molecule has 0 spiro atoms. The highest BCUT2D eigenvalue weighted by Gasteiger charge is 2.22. The lowest BCUT2D eigenvalue weighted by Gasteiger charge is -2.13. The number of nitrogens with one attached hydrogen (secondary N) is 1. The average molecular weight is 253 g/mol. The van der Waals surface area contributed by atoms with Crippen LogP contribution < -0.4 is 5.32 Å². The summed E-state index contributed by atoms with van der Waals surface area (Å²) in [5.41, 5.74) is 0.310. The summed E-state index contributed by atoms with van der Waals surface area (Å²) in [7, 11) is 0. The average Bonchev–Trinajstić information content (AvgIpc) is 2.74. The number of amides is 1. The van der Waals surface area contributed by atoms with Gasteiger partial charge in [0.25, 0.3) is 5.91 Å². The Morgan fingerprint density at radius 2 is 2.39 bits per heavy atom. The van der Waals surface area contributed by atoms with E-state index in [1.54, 1.807) is 6.92 Å². The third kappa shape index (κ3) is 3.74. The van der Waals surface area contributed by atoms with Gasteiger partial charge in [0.1, 0.15) is 5.76 Å². The first-order valence-corrected chi connectivity index (χ1v) is 5.32. The second-order valence-electron chi connectivity index (χ2n) is 3.58. The molecular weight excluding hydrogens is 238 g/mol. The summed E-state index contributed by atoms with van der Waals surface area (Å²) >= 11 is 0. The largest absolute Gasteiger partial charge is 0.480 e. The van der Waals surface area contributed by atoms with Crippen LogP contribution in [0.25, 0.3) is 0 Å². The Balaban J connectivity index is 2.61. The van der Waals surface area contributed by atoms with E-state index in [2.05, 4.69) is 11.9 Å². The first kappa shape index (κ1) is 14.0. The molecule has 0 saturated heterocycles. The minimum absolute atomic E-state index is 0.121. The number of hydrogen-bond donors (Lipinski definition) is 2. The summed E-state index contributed by atoms with van der Waals surface area (Å²) in [5.74, 6) is -1.23. The van der Waals surface area contributed by atoms with Crippen molar-refractivity contribution < 1.29 is 23.8 Å². The summed E-state index contributed by atoms with van der Waals surface area (Å²) in [4.78, 5) is 22.7. The lowest BCUT2D eigenvalue weighted by molar-refractivity contribution is -0.140. The highest BCUT2D eigenvalue weighted by Crippen LogP contribution is 2.08. The Hall–Kier alpha value is -2.08. The number of rotatable bonds is 7. The molecule has 0 bridgehead atoms. The first-order chi connectivity index (χ1) is 8.56. The fraction of sp³-hybridized carbons (Fsp3) is 0.333. The van der Waals surface area contributed by atoms with Gasteiger partial charge < -0.3 is 19.6 Å². The molecule has 2 N–H and O–H groups in total. The summed E-state index contributed by atoms with van der Waals surface area (Å²) < 4.78 is 9.99. The summed E-state index contributed by atoms with van der Waals surface area (Å²) in [6.07, 6.45) is 2.87. The normalized spacial score (nSPS) is 11.8. The molecule has 1 unspecified atom stereocenters. The van der Waals surface area contributed by atoms with E-state index in [4.69, 9.17) is 14.3 Å². The van der Waals surface area contributed by atoms with Gasteiger partial charge in [0.2, 0.25) is 0 Å². The monoisotopic (exact) mass is 253 g/mol. The molecule has 0 saturated carbocycles. The van der Waals surface area contributed by atoms with Gasteiger partial charge in [-0.3, -0.25) is 4.79 Å². The summed E-state index contributed by atoms with van der Waals surface area (Å²) in [5, 5.41) is 11.3. The molecule has 1 aromatic rings. The summed E-state index contributed by atoms with van der Waals surface area (Å²) in [6.45, 7) is 5.17. The maximum atomic E-state index is 11.8. The molecule has 1 heterocycles. The van der Waals surface area contributed by atoms with Gasteiger partial charge in [-0.2, -0.15) is 0 Å². The highest BCUT2D eigenvalue weighted by atomic mass is 16.5. The molecule has 1 rings (SSSR count). The highest BCUT2D eigenvalue weighted by molar-refractivity contribution is 5.97. The number of aliphatic carboxylic acids is 1. The number of carboxylic acid groups (broad SMARTS) is 1. The predicted molar refractivity (Wildman–Crippen MR) is 63.4 cm³/mol. The molecule has 6 nitrogen and oxygen atoms in total. The van der Waals surface area contributed by atoms with Crippen molar-refractivity contribution in [3.63, 3.8) is 0 Å². The maximum absolute atomic E-state index is 11.8. The van der Waals surface area contributed by atoms with E-state index in [1.165, 1.54) is 18.4 Å². The van der Waals surface area contributed by atoms with E-state index >= 15 is 0 Å². The Morgan fingerprint density at radius 3 is 2.89 bits per heavy atom. The van der Waals surface area contributed by atoms with Crippen molar-refractivity contribution in [1.82, 2.24) is 5.32 Å². The molecule has 0 radical (unpaired) electrons. The van der Waals surface area contributed by atoms with Gasteiger partial charge in [-0.15, -0.1) is 6.58 Å². The van der Waals surface area contributed by atoms with Crippen molar-refractivity contribution in [2.75, 3.05) is 13.2 Å². The molecule has 18 heavy (non-hydrogen) atoms. The molecule has 0 aliphatic carbocycles. The van der Waals surface area contributed by atoms with E-state index in [9.17, 15) is 9.59 Å². The van der Waals surface area contributed by atoms with E-state index in [0.717, 1.165) is 0 Å². The Morgan fingerprint density at radius 1 is 1.67 bits per heavy atom. The van der Waals surface area contributed by atoms with Crippen molar-refractivity contribution in [1.29, 1.82) is 0 Å². The van der Waals surface area contributed by atoms with Gasteiger partial charge >= 0.3 is 5.97 Å². The number of carboxylic acids is 1. The lowest BCUT2D eigenvalue weighted by Crippen LogP contribution is -2.44. The zero-order valence-corrected chi connectivity index (χ0v) is 10.0. The minimum atomic E-state index is -1.16. The quantitative estimate of drug-likeness (QED) is 0.558. The molecule has 0 aliphatic rings. The zero-order valence-electron chi connectivity index (χ0n) is 10.0. The smallest absolute Gasteiger partial charge is 0.328 e. The van der Waals surface area contributed by atoms with Crippen LogP contribution in [0.1, 0.15) is 16.1 Å². The lowest BCUT2D eigenvalue weighted by atomic mass is 10.2. The van der Waals surface area contributed by atoms with Crippen LogP contribution in [-0.2, 0) is 9.53 Å². The van der Waals surface area contributed by atoms with Crippen molar-refractivity contribution in [3.05, 3.63) is 36.3 Å². The molecule has 0 aliphatic heterocycles. The Labute approximate surface area is 104 Å². The van der Waals surface area contributed by atoms with E-state index in [-0.39, 0.29) is 13.2 Å². The van der Waals surface area contributed by atoms with Crippen LogP contribution in [-0.4, -0.2) is 36.2 Å². The van der Waals surface area contributed by atoms with Crippen molar-refractivity contribution in [3.8, 4) is 0 Å². The second-order valence-corrected chi connectivity index (χ2v) is 3.58. The SMILES string of the molecule is C=CCOCC(NC(=O)c1ccoc1C)C(=O)O. The van der Waals surface area contributed by atoms with Gasteiger partial charge in [-0.1, -0.05) is 6.08 Å². The van der Waals surface area contributed by atoms with Crippen LogP contribution in [0.15, 0.2) is 29.4 Å². The zero-order chi connectivity index (χ0) is 13.5. The van der Waals surface area contributed by atoms with Gasteiger partial charge in [0, 0.05) is 0 Å². The van der Waals surface area contributed by atoms with Crippen LogP contribution >= 0.6 is 0 Å². The third-order valence-corrected chi connectivity index (χ3v) is 2.23. The Bertz CT molecular complexity index is 437. The Kier molecular flexibility index (Phi) is 5.13. The van der Waals surface area contributed by atoms with Gasteiger partial charge in [-0.25, -0.2) is 4.79 Å². The number of carbonyl (C=O) groups is 2. The molecule has 1 amide bonds. The fourth-order valence-electron chi connectivity index (χ4n) is 1.30. The van der Waals surface area contributed by atoms with E-state index in [1.807, 2.05) is 0 Å². The molecule has 98 valence electrons. The number of carbonyl (C=O) groups excluding carboxylic acids is 1. The van der Waals surface area contributed by atoms with Crippen molar-refractivity contribution >= 4 is 11.9 Å². The minimum Gasteiger partial charge on any atom is -0.480 e. The predicted octanol–water partition coefficient (Wildman–Crippen LogP) is 0.974.